The Kier molecular flexibility index (Phi) is 3.07. The molecule has 0 aromatic rings. The summed E-state index contributed by atoms with van der Waals surface area (Å²) in [5.41, 5.74) is 1.26. The van der Waals surface area contributed by atoms with Crippen molar-refractivity contribution in [3.05, 3.63) is 12.2 Å². The number of hydrogen-bond acceptors (Lipinski definition) is 1. The fraction of sp³-hybridized carbons (Fsp3) is 0.727. The molecule has 0 saturated heterocycles. The lowest BCUT2D eigenvalue weighted by atomic mass is 9.84. The average molecular weight is 166 g/mol. The molecule has 1 aliphatic carbocycles. The van der Waals surface area contributed by atoms with Gasteiger partial charge in [-0.25, -0.2) is 0 Å². The van der Waals surface area contributed by atoms with Gasteiger partial charge in [0.1, 0.15) is 6.29 Å². The van der Waals surface area contributed by atoms with Gasteiger partial charge >= 0.3 is 0 Å². The third-order valence-corrected chi connectivity index (χ3v) is 3.18. The lowest BCUT2D eigenvalue weighted by Crippen LogP contribution is -2.14. The Morgan fingerprint density at radius 3 is 2.75 bits per heavy atom. The van der Waals surface area contributed by atoms with Crippen molar-refractivity contribution in [1.29, 1.82) is 0 Å². The zero-order valence-electron chi connectivity index (χ0n) is 8.05. The van der Waals surface area contributed by atoms with Crippen LogP contribution in [0.3, 0.4) is 0 Å². The van der Waals surface area contributed by atoms with Crippen LogP contribution in [0.1, 0.15) is 33.1 Å². The molecule has 0 unspecified atom stereocenters. The van der Waals surface area contributed by atoms with E-state index in [0.717, 1.165) is 12.7 Å². The van der Waals surface area contributed by atoms with Gasteiger partial charge < -0.3 is 4.79 Å². The van der Waals surface area contributed by atoms with E-state index in [2.05, 4.69) is 20.4 Å². The number of carbonyl (C=O) groups is 1. The van der Waals surface area contributed by atoms with Crippen LogP contribution in [0.4, 0.5) is 0 Å². The summed E-state index contributed by atoms with van der Waals surface area (Å²) in [6.07, 6.45) is 4.27. The first kappa shape index (κ1) is 9.50. The molecule has 68 valence electrons. The SMILES string of the molecule is C=C(C)[C@H]1CC[C@H](C)[C@@H]1CC=O. The van der Waals surface area contributed by atoms with Crippen LogP contribution < -0.4 is 0 Å². The Balaban J connectivity index is 2.63. The predicted octanol–water partition coefficient (Wildman–Crippen LogP) is 2.81. The Labute approximate surface area is 74.9 Å². The normalized spacial score (nSPS) is 35.0. The minimum absolute atomic E-state index is 0.569. The lowest BCUT2D eigenvalue weighted by Gasteiger charge is -2.20. The molecule has 0 amide bonds. The monoisotopic (exact) mass is 166 g/mol. The molecule has 0 aromatic heterocycles. The molecule has 1 saturated carbocycles. The van der Waals surface area contributed by atoms with Crippen LogP contribution in [0.2, 0.25) is 0 Å². The van der Waals surface area contributed by atoms with Crippen molar-refractivity contribution in [2.24, 2.45) is 17.8 Å². The van der Waals surface area contributed by atoms with Crippen LogP contribution >= 0.6 is 0 Å². The highest BCUT2D eigenvalue weighted by Crippen LogP contribution is 2.41. The number of rotatable bonds is 3. The average Bonchev–Trinajstić information content (AvgIpc) is 2.34. The summed E-state index contributed by atoms with van der Waals surface area (Å²) in [6, 6.07) is 0. The van der Waals surface area contributed by atoms with E-state index in [0.29, 0.717) is 17.8 Å². The fourth-order valence-electron chi connectivity index (χ4n) is 2.39. The molecule has 0 aromatic carbocycles. The standard InChI is InChI=1S/C11H18O/c1-8(2)10-5-4-9(3)11(10)6-7-12/h7,9-11H,1,4-6H2,2-3H3/t9-,10+,11-/m0/s1. The van der Waals surface area contributed by atoms with Gasteiger partial charge in [-0.3, -0.25) is 0 Å². The minimum Gasteiger partial charge on any atom is -0.303 e. The van der Waals surface area contributed by atoms with Gasteiger partial charge in [0.25, 0.3) is 0 Å². The first-order valence-corrected chi connectivity index (χ1v) is 4.75. The van der Waals surface area contributed by atoms with Crippen LogP contribution in [0.15, 0.2) is 12.2 Å². The van der Waals surface area contributed by atoms with Gasteiger partial charge in [0, 0.05) is 6.42 Å². The van der Waals surface area contributed by atoms with Crippen LogP contribution in [0.25, 0.3) is 0 Å². The van der Waals surface area contributed by atoms with Gasteiger partial charge in [-0.2, -0.15) is 0 Å². The molecule has 1 heteroatoms. The van der Waals surface area contributed by atoms with Crippen LogP contribution in [-0.2, 0) is 4.79 Å². The molecule has 1 nitrogen and oxygen atoms in total. The van der Waals surface area contributed by atoms with Gasteiger partial charge in [-0.05, 0) is 37.5 Å². The van der Waals surface area contributed by atoms with Crippen molar-refractivity contribution < 1.29 is 4.79 Å². The molecular formula is C11H18O. The van der Waals surface area contributed by atoms with Gasteiger partial charge in [-0.15, -0.1) is 0 Å². The number of aldehydes is 1. The minimum atomic E-state index is 0.569. The van der Waals surface area contributed by atoms with Crippen molar-refractivity contribution in [1.82, 2.24) is 0 Å². The van der Waals surface area contributed by atoms with Crippen LogP contribution in [0, 0.1) is 17.8 Å². The highest BCUT2D eigenvalue weighted by atomic mass is 16.1. The second kappa shape index (κ2) is 3.88. The molecule has 0 aliphatic heterocycles. The molecular weight excluding hydrogens is 148 g/mol. The zero-order valence-corrected chi connectivity index (χ0v) is 8.05. The van der Waals surface area contributed by atoms with Crippen molar-refractivity contribution in [3.63, 3.8) is 0 Å². The van der Waals surface area contributed by atoms with Crippen molar-refractivity contribution in [2.75, 3.05) is 0 Å². The summed E-state index contributed by atoms with van der Waals surface area (Å²) in [5, 5.41) is 0. The van der Waals surface area contributed by atoms with Gasteiger partial charge in [0.2, 0.25) is 0 Å². The summed E-state index contributed by atoms with van der Waals surface area (Å²) in [7, 11) is 0. The maximum atomic E-state index is 10.4. The maximum Gasteiger partial charge on any atom is 0.120 e. The molecule has 1 fully saturated rings. The van der Waals surface area contributed by atoms with E-state index in [1.807, 2.05) is 0 Å². The van der Waals surface area contributed by atoms with Gasteiger partial charge in [-0.1, -0.05) is 19.1 Å². The molecule has 0 heterocycles. The molecule has 0 N–H and O–H groups in total. The molecule has 3 atom stereocenters. The van der Waals surface area contributed by atoms with Crippen molar-refractivity contribution in [3.8, 4) is 0 Å². The Morgan fingerprint density at radius 1 is 1.58 bits per heavy atom. The molecule has 0 spiro atoms. The second-order valence-electron chi connectivity index (χ2n) is 4.07. The Morgan fingerprint density at radius 2 is 2.25 bits per heavy atom. The van der Waals surface area contributed by atoms with E-state index in [-0.39, 0.29) is 0 Å². The van der Waals surface area contributed by atoms with E-state index in [4.69, 9.17) is 0 Å². The third kappa shape index (κ3) is 1.77. The predicted molar refractivity (Wildman–Crippen MR) is 50.9 cm³/mol. The summed E-state index contributed by atoms with van der Waals surface area (Å²) in [4.78, 5) is 10.4. The fourth-order valence-corrected chi connectivity index (χ4v) is 2.39. The van der Waals surface area contributed by atoms with E-state index in [9.17, 15) is 4.79 Å². The molecule has 1 rings (SSSR count). The lowest BCUT2D eigenvalue weighted by molar-refractivity contribution is -0.109. The van der Waals surface area contributed by atoms with Crippen molar-refractivity contribution in [2.45, 2.75) is 33.1 Å². The second-order valence-corrected chi connectivity index (χ2v) is 4.07. The maximum absolute atomic E-state index is 10.4. The topological polar surface area (TPSA) is 17.1 Å². The molecule has 0 bridgehead atoms. The number of carbonyl (C=O) groups excluding carboxylic acids is 1. The summed E-state index contributed by atoms with van der Waals surface area (Å²) in [6.45, 7) is 8.32. The summed E-state index contributed by atoms with van der Waals surface area (Å²) in [5.74, 6) is 1.88. The Bertz CT molecular complexity index is 183. The van der Waals surface area contributed by atoms with Gasteiger partial charge in [0.05, 0.1) is 0 Å². The van der Waals surface area contributed by atoms with E-state index < -0.39 is 0 Å². The quantitative estimate of drug-likeness (QED) is 0.465. The smallest absolute Gasteiger partial charge is 0.120 e. The summed E-state index contributed by atoms with van der Waals surface area (Å²) >= 11 is 0. The molecule has 12 heavy (non-hydrogen) atoms. The van der Waals surface area contributed by atoms with Crippen LogP contribution in [0.5, 0.6) is 0 Å². The Hall–Kier alpha value is -0.590. The molecule has 0 radical (unpaired) electrons. The van der Waals surface area contributed by atoms with E-state index in [1.165, 1.54) is 18.4 Å². The largest absolute Gasteiger partial charge is 0.303 e. The first-order chi connectivity index (χ1) is 5.66. The van der Waals surface area contributed by atoms with Gasteiger partial charge in [0.15, 0.2) is 0 Å². The van der Waals surface area contributed by atoms with E-state index >= 15 is 0 Å². The highest BCUT2D eigenvalue weighted by molar-refractivity contribution is 5.50. The van der Waals surface area contributed by atoms with E-state index in [1.54, 1.807) is 0 Å². The van der Waals surface area contributed by atoms with Crippen molar-refractivity contribution >= 4 is 6.29 Å². The first-order valence-electron chi connectivity index (χ1n) is 4.75. The number of hydrogen-bond donors (Lipinski definition) is 0. The third-order valence-electron chi connectivity index (χ3n) is 3.18. The number of allylic oxidation sites excluding steroid dienone is 1. The highest BCUT2D eigenvalue weighted by Gasteiger charge is 2.32. The summed E-state index contributed by atoms with van der Waals surface area (Å²) < 4.78 is 0. The molecule has 1 aliphatic rings. The zero-order chi connectivity index (χ0) is 9.14. The van der Waals surface area contributed by atoms with Crippen LogP contribution in [-0.4, -0.2) is 6.29 Å².